The number of amides is 2. The van der Waals surface area contributed by atoms with Gasteiger partial charge in [-0.2, -0.15) is 5.10 Å². The molecular weight excluding hydrogens is 444 g/mol. The summed E-state index contributed by atoms with van der Waals surface area (Å²) in [6.07, 6.45) is 7.91. The summed E-state index contributed by atoms with van der Waals surface area (Å²) in [6.45, 7) is 6.38. The van der Waals surface area contributed by atoms with Crippen LogP contribution in [0.3, 0.4) is 0 Å². The number of H-pyrrole nitrogens is 1. The van der Waals surface area contributed by atoms with Crippen molar-refractivity contribution in [2.75, 3.05) is 17.2 Å². The van der Waals surface area contributed by atoms with E-state index in [1.807, 2.05) is 19.3 Å². The van der Waals surface area contributed by atoms with Crippen LogP contribution in [0.2, 0.25) is 0 Å². The largest absolute Gasteiger partial charge is 0.339 e. The molecule has 2 unspecified atom stereocenters. The summed E-state index contributed by atoms with van der Waals surface area (Å²) < 4.78 is 1.73. The van der Waals surface area contributed by atoms with Gasteiger partial charge in [0, 0.05) is 42.5 Å². The molecule has 2 amide bonds. The lowest BCUT2D eigenvalue weighted by Gasteiger charge is -2.44. The van der Waals surface area contributed by atoms with E-state index in [-0.39, 0.29) is 11.8 Å². The van der Waals surface area contributed by atoms with Crippen molar-refractivity contribution in [1.82, 2.24) is 29.6 Å². The second-order valence-electron chi connectivity index (χ2n) is 9.21. The van der Waals surface area contributed by atoms with Crippen LogP contribution in [0.15, 0.2) is 43.0 Å². The predicted octanol–water partition coefficient (Wildman–Crippen LogP) is 3.34. The summed E-state index contributed by atoms with van der Waals surface area (Å²) in [6, 6.07) is 6.28. The Morgan fingerprint density at radius 1 is 1.09 bits per heavy atom. The van der Waals surface area contributed by atoms with E-state index in [4.69, 9.17) is 0 Å². The number of anilines is 2. The molecule has 0 aromatic carbocycles. The normalized spacial score (nSPS) is 17.8. The molecule has 2 atom stereocenters. The van der Waals surface area contributed by atoms with Crippen molar-refractivity contribution in [2.45, 2.75) is 39.3 Å². The number of hydrogen-bond acceptors (Lipinski definition) is 6. The Labute approximate surface area is 202 Å². The third-order valence-electron chi connectivity index (χ3n) is 6.51. The molecular formula is C25H28N8O2. The molecule has 35 heavy (non-hydrogen) atoms. The molecule has 180 valence electrons. The fourth-order valence-electron chi connectivity index (χ4n) is 4.52. The fourth-order valence-corrected chi connectivity index (χ4v) is 4.52. The van der Waals surface area contributed by atoms with Gasteiger partial charge in [0.25, 0.3) is 5.91 Å². The number of carbonyl (C=O) groups excluding carboxylic acids is 2. The van der Waals surface area contributed by atoms with E-state index >= 15 is 0 Å². The first-order valence-electron chi connectivity index (χ1n) is 11.6. The van der Waals surface area contributed by atoms with Crippen molar-refractivity contribution in [3.8, 4) is 11.3 Å². The summed E-state index contributed by atoms with van der Waals surface area (Å²) in [5.41, 5.74) is 4.65. The fraction of sp³-hybridized carbons (Fsp3) is 0.320. The third-order valence-corrected chi connectivity index (χ3v) is 6.51. The Morgan fingerprint density at radius 3 is 2.60 bits per heavy atom. The summed E-state index contributed by atoms with van der Waals surface area (Å²) in [5, 5.41) is 10.8. The van der Waals surface area contributed by atoms with Gasteiger partial charge < -0.3 is 15.6 Å². The zero-order chi connectivity index (χ0) is 24.7. The molecule has 1 aliphatic heterocycles. The molecule has 4 aromatic heterocycles. The number of fused-ring (bicyclic) bond motifs is 1. The Kier molecular flexibility index (Phi) is 5.81. The molecule has 0 bridgehead atoms. The molecule has 10 nitrogen and oxygen atoms in total. The average Bonchev–Trinajstić information content (AvgIpc) is 3.45. The van der Waals surface area contributed by atoms with Crippen molar-refractivity contribution in [2.24, 2.45) is 7.05 Å². The van der Waals surface area contributed by atoms with Gasteiger partial charge >= 0.3 is 0 Å². The average molecular weight is 473 g/mol. The Bertz CT molecular complexity index is 1410. The van der Waals surface area contributed by atoms with E-state index in [1.54, 1.807) is 36.1 Å². The molecule has 0 spiro atoms. The number of aryl methyl sites for hydroxylation is 2. The summed E-state index contributed by atoms with van der Waals surface area (Å²) in [7, 11) is 1.86. The highest BCUT2D eigenvalue weighted by molar-refractivity contribution is 6.06. The molecule has 1 saturated heterocycles. The maximum atomic E-state index is 13.0. The van der Waals surface area contributed by atoms with Crippen LogP contribution >= 0.6 is 0 Å². The van der Waals surface area contributed by atoms with Crippen LogP contribution < -0.4 is 10.6 Å². The van der Waals surface area contributed by atoms with E-state index in [0.717, 1.165) is 23.1 Å². The summed E-state index contributed by atoms with van der Waals surface area (Å²) >= 11 is 0. The minimum absolute atomic E-state index is 0.0992. The highest BCUT2D eigenvalue weighted by Crippen LogP contribution is 2.26. The molecule has 0 radical (unpaired) electrons. The highest BCUT2D eigenvalue weighted by atomic mass is 16.2. The number of carbonyl (C=O) groups is 2. The minimum atomic E-state index is -0.305. The number of hydrogen-bond donors (Lipinski definition) is 3. The number of nitrogens with one attached hydrogen (secondary N) is 3. The van der Waals surface area contributed by atoms with Gasteiger partial charge in [-0.05, 0) is 45.4 Å². The first-order valence-corrected chi connectivity index (χ1v) is 11.6. The second-order valence-corrected chi connectivity index (χ2v) is 9.21. The van der Waals surface area contributed by atoms with Crippen molar-refractivity contribution in [3.05, 3.63) is 54.2 Å². The number of aromatic amines is 1. The van der Waals surface area contributed by atoms with Crippen LogP contribution in [0.5, 0.6) is 0 Å². The van der Waals surface area contributed by atoms with Crippen molar-refractivity contribution in [1.29, 1.82) is 0 Å². The molecule has 1 fully saturated rings. The molecule has 4 aromatic rings. The number of nitrogens with zero attached hydrogens (tertiary/aromatic N) is 5. The molecule has 0 saturated carbocycles. The van der Waals surface area contributed by atoms with Crippen LogP contribution in [0.1, 0.15) is 36.3 Å². The molecule has 3 N–H and O–H groups in total. The van der Waals surface area contributed by atoms with Gasteiger partial charge in [0.15, 0.2) is 0 Å². The number of rotatable bonds is 6. The summed E-state index contributed by atoms with van der Waals surface area (Å²) in [4.78, 5) is 39.6. The lowest BCUT2D eigenvalue weighted by Crippen LogP contribution is -2.55. The van der Waals surface area contributed by atoms with Gasteiger partial charge in [-0.1, -0.05) is 0 Å². The van der Waals surface area contributed by atoms with E-state index in [9.17, 15) is 9.59 Å². The van der Waals surface area contributed by atoms with Gasteiger partial charge in [0.05, 0.1) is 47.3 Å². The monoisotopic (exact) mass is 472 g/mol. The highest BCUT2D eigenvalue weighted by Gasteiger charge is 2.32. The lowest BCUT2D eigenvalue weighted by molar-refractivity contribution is -0.120. The van der Waals surface area contributed by atoms with Crippen LogP contribution in [0.25, 0.3) is 22.3 Å². The zero-order valence-electron chi connectivity index (χ0n) is 20.2. The first-order chi connectivity index (χ1) is 16.8. The third kappa shape index (κ3) is 4.65. The van der Waals surface area contributed by atoms with Crippen LogP contribution in [0.4, 0.5) is 11.4 Å². The zero-order valence-corrected chi connectivity index (χ0v) is 20.2. The first kappa shape index (κ1) is 22.7. The number of aromatic nitrogens is 5. The SMILES string of the molecule is Cc1ncc(NC(=O)CN2C(C)CC2C)cc1NC(=O)c1cnc2[nH]c(-c3cnn(C)c3)cc2c1. The maximum Gasteiger partial charge on any atom is 0.257 e. The van der Waals surface area contributed by atoms with E-state index in [1.165, 1.54) is 6.20 Å². The van der Waals surface area contributed by atoms with Gasteiger partial charge in [0.2, 0.25) is 5.91 Å². The Balaban J connectivity index is 1.29. The van der Waals surface area contributed by atoms with Crippen molar-refractivity contribution in [3.63, 3.8) is 0 Å². The van der Waals surface area contributed by atoms with E-state index in [0.29, 0.717) is 46.9 Å². The maximum absolute atomic E-state index is 13.0. The second kappa shape index (κ2) is 8.95. The van der Waals surface area contributed by atoms with E-state index in [2.05, 4.69) is 49.4 Å². The number of likely N-dealkylation sites (tertiary alicyclic amines) is 1. The topological polar surface area (TPSA) is 121 Å². The van der Waals surface area contributed by atoms with Gasteiger partial charge in [-0.25, -0.2) is 4.98 Å². The Hall–Kier alpha value is -4.05. The Morgan fingerprint density at radius 2 is 1.89 bits per heavy atom. The molecule has 5 rings (SSSR count). The quantitative estimate of drug-likeness (QED) is 0.396. The summed E-state index contributed by atoms with van der Waals surface area (Å²) in [5.74, 6) is -0.405. The number of pyridine rings is 2. The van der Waals surface area contributed by atoms with Crippen LogP contribution in [-0.2, 0) is 11.8 Å². The molecule has 0 aliphatic carbocycles. The van der Waals surface area contributed by atoms with Gasteiger partial charge in [-0.3, -0.25) is 24.2 Å². The van der Waals surface area contributed by atoms with Crippen molar-refractivity contribution >= 4 is 34.2 Å². The van der Waals surface area contributed by atoms with E-state index < -0.39 is 0 Å². The van der Waals surface area contributed by atoms with Crippen LogP contribution in [0, 0.1) is 6.92 Å². The standard InChI is InChI=1S/C25H28N8O2/c1-14-5-15(2)33(14)13-23(34)29-20-8-21(16(3)26-11-20)31-25(35)18-6-17-7-22(30-24(17)27-9-18)19-10-28-32(4)12-19/h6-12,14-15H,5,13H2,1-4H3,(H,27,30)(H,29,34)(H,31,35). The predicted molar refractivity (Wildman–Crippen MR) is 134 cm³/mol. The van der Waals surface area contributed by atoms with Crippen molar-refractivity contribution < 1.29 is 9.59 Å². The molecule has 1 aliphatic rings. The van der Waals surface area contributed by atoms with Crippen LogP contribution in [-0.4, -0.2) is 60.1 Å². The van der Waals surface area contributed by atoms with Gasteiger partial charge in [-0.15, -0.1) is 0 Å². The molecule has 5 heterocycles. The molecule has 10 heteroatoms. The minimum Gasteiger partial charge on any atom is -0.339 e. The smallest absolute Gasteiger partial charge is 0.257 e. The lowest BCUT2D eigenvalue weighted by atomic mass is 9.96. The van der Waals surface area contributed by atoms with Gasteiger partial charge in [0.1, 0.15) is 5.65 Å².